The Bertz CT molecular complexity index is 355. The van der Waals surface area contributed by atoms with Gasteiger partial charge in [-0.1, -0.05) is 11.8 Å². The van der Waals surface area contributed by atoms with Gasteiger partial charge >= 0.3 is 5.97 Å². The quantitative estimate of drug-likeness (QED) is 0.480. The molecule has 0 atom stereocenters. The molecular weight excluding hydrogens is 219 g/mol. The van der Waals surface area contributed by atoms with E-state index in [0.717, 1.165) is 6.07 Å². The van der Waals surface area contributed by atoms with Gasteiger partial charge in [0.05, 0.1) is 11.5 Å². The molecule has 0 amide bonds. The van der Waals surface area contributed by atoms with Crippen LogP contribution in [0.3, 0.4) is 0 Å². The van der Waals surface area contributed by atoms with Gasteiger partial charge in [-0.3, -0.25) is 0 Å². The van der Waals surface area contributed by atoms with Gasteiger partial charge in [0, 0.05) is 11.5 Å². The van der Waals surface area contributed by atoms with Crippen LogP contribution in [0.4, 0.5) is 4.39 Å². The molecule has 0 bridgehead atoms. The van der Waals surface area contributed by atoms with Crippen LogP contribution in [0.25, 0.3) is 0 Å². The number of hydrogen-bond acceptors (Lipinski definition) is 3. The number of halogens is 1. The van der Waals surface area contributed by atoms with Crippen molar-refractivity contribution in [3.8, 4) is 0 Å². The number of aromatic carboxylic acids is 1. The maximum Gasteiger partial charge on any atom is 0.338 e. The second kappa shape index (κ2) is 5.72. The van der Waals surface area contributed by atoms with Crippen LogP contribution < -0.4 is 0 Å². The summed E-state index contributed by atoms with van der Waals surface area (Å²) in [6, 6.07) is 3.99. The minimum atomic E-state index is -1.26. The van der Waals surface area contributed by atoms with Crippen molar-refractivity contribution in [2.45, 2.75) is 11.8 Å². The zero-order valence-corrected chi connectivity index (χ0v) is 9.01. The number of benzene rings is 1. The Balaban J connectivity index is 2.74. The van der Waals surface area contributed by atoms with E-state index in [4.69, 9.17) is 9.84 Å². The van der Waals surface area contributed by atoms with Crippen LogP contribution >= 0.6 is 11.8 Å². The second-order valence-corrected chi connectivity index (χ2v) is 3.70. The molecule has 3 nitrogen and oxygen atoms in total. The Morgan fingerprint density at radius 1 is 1.60 bits per heavy atom. The topological polar surface area (TPSA) is 46.5 Å². The lowest BCUT2D eigenvalue weighted by Crippen LogP contribution is -2.00. The summed E-state index contributed by atoms with van der Waals surface area (Å²) < 4.78 is 18.1. The van der Waals surface area contributed by atoms with E-state index < -0.39 is 11.8 Å². The first kappa shape index (κ1) is 12.0. The molecule has 0 aliphatic heterocycles. The van der Waals surface area contributed by atoms with Crippen LogP contribution in [0.1, 0.15) is 17.3 Å². The Morgan fingerprint density at radius 2 is 2.33 bits per heavy atom. The third kappa shape index (κ3) is 3.53. The standard InChI is InChI=1S/C10H11FO3S/c1-2-14-6-15-7-3-4-9(11)8(5-7)10(12)13/h3-5H,2,6H2,1H3,(H,12,13). The molecule has 15 heavy (non-hydrogen) atoms. The number of thioether (sulfide) groups is 1. The molecule has 82 valence electrons. The summed E-state index contributed by atoms with van der Waals surface area (Å²) in [4.78, 5) is 11.3. The van der Waals surface area contributed by atoms with E-state index in [0.29, 0.717) is 17.4 Å². The average molecular weight is 230 g/mol. The lowest BCUT2D eigenvalue weighted by atomic mass is 10.2. The van der Waals surface area contributed by atoms with Crippen molar-refractivity contribution in [2.75, 3.05) is 12.5 Å². The Hall–Kier alpha value is -1.07. The van der Waals surface area contributed by atoms with Crippen LogP contribution in [0.5, 0.6) is 0 Å². The molecule has 1 N–H and O–H groups in total. The van der Waals surface area contributed by atoms with E-state index in [-0.39, 0.29) is 5.56 Å². The smallest absolute Gasteiger partial charge is 0.338 e. The van der Waals surface area contributed by atoms with Gasteiger partial charge in [0.1, 0.15) is 5.82 Å². The molecule has 1 rings (SSSR count). The monoisotopic (exact) mass is 230 g/mol. The van der Waals surface area contributed by atoms with Gasteiger partial charge in [0.25, 0.3) is 0 Å². The van der Waals surface area contributed by atoms with Crippen molar-refractivity contribution < 1.29 is 19.0 Å². The van der Waals surface area contributed by atoms with Crippen molar-refractivity contribution >= 4 is 17.7 Å². The van der Waals surface area contributed by atoms with Gasteiger partial charge in [-0.15, -0.1) is 0 Å². The zero-order valence-electron chi connectivity index (χ0n) is 8.20. The number of carboxylic acid groups (broad SMARTS) is 1. The highest BCUT2D eigenvalue weighted by Gasteiger charge is 2.10. The maximum atomic E-state index is 13.0. The van der Waals surface area contributed by atoms with E-state index in [2.05, 4.69) is 0 Å². The number of carbonyl (C=O) groups is 1. The molecule has 0 fully saturated rings. The molecule has 0 aliphatic carbocycles. The molecule has 0 heterocycles. The van der Waals surface area contributed by atoms with Crippen LogP contribution in [-0.2, 0) is 4.74 Å². The lowest BCUT2D eigenvalue weighted by Gasteiger charge is -2.03. The Kier molecular flexibility index (Phi) is 4.58. The SMILES string of the molecule is CCOCSc1ccc(F)c(C(=O)O)c1. The molecular formula is C10H11FO3S. The van der Waals surface area contributed by atoms with E-state index in [9.17, 15) is 9.18 Å². The van der Waals surface area contributed by atoms with Crippen molar-refractivity contribution in [2.24, 2.45) is 0 Å². The minimum Gasteiger partial charge on any atom is -0.478 e. The first-order chi connectivity index (χ1) is 7.15. The molecule has 0 saturated heterocycles. The average Bonchev–Trinajstić information content (AvgIpc) is 2.20. The van der Waals surface area contributed by atoms with E-state index >= 15 is 0 Å². The molecule has 5 heteroatoms. The first-order valence-electron chi connectivity index (χ1n) is 4.38. The van der Waals surface area contributed by atoms with Crippen molar-refractivity contribution in [1.29, 1.82) is 0 Å². The van der Waals surface area contributed by atoms with Gasteiger partial charge < -0.3 is 9.84 Å². The van der Waals surface area contributed by atoms with E-state index in [1.54, 1.807) is 0 Å². The Morgan fingerprint density at radius 3 is 2.93 bits per heavy atom. The highest BCUT2D eigenvalue weighted by molar-refractivity contribution is 7.99. The number of ether oxygens (including phenoxy) is 1. The summed E-state index contributed by atoms with van der Waals surface area (Å²) in [5.41, 5.74) is -0.309. The molecule has 0 spiro atoms. The molecule has 0 aliphatic rings. The van der Waals surface area contributed by atoms with Crippen LogP contribution in [0.2, 0.25) is 0 Å². The molecule has 0 radical (unpaired) electrons. The fraction of sp³-hybridized carbons (Fsp3) is 0.300. The summed E-state index contributed by atoms with van der Waals surface area (Å²) in [5.74, 6) is -1.55. The molecule has 1 aromatic rings. The van der Waals surface area contributed by atoms with Crippen molar-refractivity contribution in [3.05, 3.63) is 29.6 Å². The molecule has 1 aromatic carbocycles. The van der Waals surface area contributed by atoms with Crippen molar-refractivity contribution in [3.63, 3.8) is 0 Å². The minimum absolute atomic E-state index is 0.309. The largest absolute Gasteiger partial charge is 0.478 e. The number of rotatable bonds is 5. The van der Waals surface area contributed by atoms with E-state index in [1.165, 1.54) is 23.9 Å². The fourth-order valence-electron chi connectivity index (χ4n) is 0.951. The predicted molar refractivity (Wildman–Crippen MR) is 55.7 cm³/mol. The molecule has 0 saturated carbocycles. The predicted octanol–water partition coefficient (Wildman–Crippen LogP) is 2.61. The number of hydrogen-bond donors (Lipinski definition) is 1. The normalized spacial score (nSPS) is 10.3. The zero-order chi connectivity index (χ0) is 11.3. The third-order valence-electron chi connectivity index (χ3n) is 1.68. The summed E-state index contributed by atoms with van der Waals surface area (Å²) in [7, 11) is 0. The van der Waals surface area contributed by atoms with Crippen LogP contribution in [-0.4, -0.2) is 23.6 Å². The molecule has 0 unspecified atom stereocenters. The summed E-state index contributed by atoms with van der Waals surface area (Å²) >= 11 is 1.33. The summed E-state index contributed by atoms with van der Waals surface area (Å²) in [5, 5.41) is 8.68. The van der Waals surface area contributed by atoms with Gasteiger partial charge in [-0.05, 0) is 25.1 Å². The van der Waals surface area contributed by atoms with Gasteiger partial charge in [-0.25, -0.2) is 9.18 Å². The lowest BCUT2D eigenvalue weighted by molar-refractivity contribution is 0.0691. The summed E-state index contributed by atoms with van der Waals surface area (Å²) in [6.45, 7) is 2.47. The van der Waals surface area contributed by atoms with Crippen LogP contribution in [0, 0.1) is 5.82 Å². The van der Waals surface area contributed by atoms with Gasteiger partial charge in [0.15, 0.2) is 0 Å². The summed E-state index contributed by atoms with van der Waals surface area (Å²) in [6.07, 6.45) is 0. The highest BCUT2D eigenvalue weighted by atomic mass is 32.2. The van der Waals surface area contributed by atoms with Gasteiger partial charge in [-0.2, -0.15) is 0 Å². The molecule has 0 aromatic heterocycles. The van der Waals surface area contributed by atoms with Crippen molar-refractivity contribution in [1.82, 2.24) is 0 Å². The first-order valence-corrected chi connectivity index (χ1v) is 5.37. The third-order valence-corrected chi connectivity index (χ3v) is 2.55. The van der Waals surface area contributed by atoms with E-state index in [1.807, 2.05) is 6.92 Å². The second-order valence-electron chi connectivity index (χ2n) is 2.70. The van der Waals surface area contributed by atoms with Gasteiger partial charge in [0.2, 0.25) is 0 Å². The maximum absolute atomic E-state index is 13.0. The Labute approximate surface area is 91.2 Å². The highest BCUT2D eigenvalue weighted by Crippen LogP contribution is 2.21. The van der Waals surface area contributed by atoms with Crippen LogP contribution in [0.15, 0.2) is 23.1 Å². The fourth-order valence-corrected chi connectivity index (χ4v) is 1.70. The number of carboxylic acids is 1.